The van der Waals surface area contributed by atoms with Crippen LogP contribution in [0.4, 0.5) is 5.69 Å². The van der Waals surface area contributed by atoms with E-state index in [0.717, 1.165) is 39.4 Å². The number of hydrogen-bond donors (Lipinski definition) is 2. The van der Waals surface area contributed by atoms with Crippen molar-refractivity contribution in [1.29, 1.82) is 0 Å². The second-order valence-corrected chi connectivity index (χ2v) is 6.07. The van der Waals surface area contributed by atoms with Gasteiger partial charge < -0.3 is 15.0 Å². The summed E-state index contributed by atoms with van der Waals surface area (Å²) in [6, 6.07) is 18.2. The van der Waals surface area contributed by atoms with Gasteiger partial charge in [-0.15, -0.1) is 0 Å². The monoisotopic (exact) mass is 328 g/mol. The molecule has 0 spiro atoms. The lowest BCUT2D eigenvalue weighted by Gasteiger charge is -2.25. The van der Waals surface area contributed by atoms with Crippen molar-refractivity contribution in [2.24, 2.45) is 0 Å². The predicted molar refractivity (Wildman–Crippen MR) is 97.6 cm³/mol. The second-order valence-electron chi connectivity index (χ2n) is 6.07. The summed E-state index contributed by atoms with van der Waals surface area (Å²) in [6.45, 7) is 0.689. The number of ether oxygens (including phenoxy) is 1. The standard InChI is InChI=1S/C20H16N4O/c1-2-4-18-16(3-1)22-12-19(25-18)20-23-15-6-5-14(11-17(15)24-20)13-7-9-21-10-8-13/h1-11,19,22H,12H2,(H,23,24). The lowest BCUT2D eigenvalue weighted by atomic mass is 10.1. The molecular weight excluding hydrogens is 312 g/mol. The van der Waals surface area contributed by atoms with E-state index in [2.05, 4.69) is 33.5 Å². The molecule has 1 aliphatic heterocycles. The maximum Gasteiger partial charge on any atom is 0.173 e. The first-order valence-corrected chi connectivity index (χ1v) is 8.26. The number of anilines is 1. The number of hydrogen-bond acceptors (Lipinski definition) is 4. The highest BCUT2D eigenvalue weighted by Gasteiger charge is 2.23. The zero-order chi connectivity index (χ0) is 16.6. The van der Waals surface area contributed by atoms with E-state index in [1.165, 1.54) is 0 Å². The molecule has 2 aromatic carbocycles. The minimum Gasteiger partial charge on any atom is -0.478 e. The summed E-state index contributed by atoms with van der Waals surface area (Å²) in [5, 5.41) is 3.40. The maximum atomic E-state index is 6.10. The van der Waals surface area contributed by atoms with Crippen molar-refractivity contribution in [1.82, 2.24) is 15.0 Å². The minimum atomic E-state index is -0.133. The van der Waals surface area contributed by atoms with E-state index >= 15 is 0 Å². The molecule has 2 N–H and O–H groups in total. The molecule has 1 atom stereocenters. The van der Waals surface area contributed by atoms with Crippen LogP contribution in [-0.2, 0) is 0 Å². The fourth-order valence-electron chi connectivity index (χ4n) is 3.17. The Morgan fingerprint density at radius 3 is 2.76 bits per heavy atom. The Morgan fingerprint density at radius 1 is 0.960 bits per heavy atom. The van der Waals surface area contributed by atoms with Gasteiger partial charge in [-0.2, -0.15) is 0 Å². The Labute approximate surface area is 144 Å². The first-order valence-electron chi connectivity index (χ1n) is 8.26. The van der Waals surface area contributed by atoms with Crippen LogP contribution in [0.15, 0.2) is 67.0 Å². The number of rotatable bonds is 2. The molecule has 1 aliphatic rings. The molecule has 25 heavy (non-hydrogen) atoms. The van der Waals surface area contributed by atoms with Crippen LogP contribution in [0.3, 0.4) is 0 Å². The number of imidazole rings is 1. The largest absolute Gasteiger partial charge is 0.478 e. The summed E-state index contributed by atoms with van der Waals surface area (Å²) in [6.07, 6.45) is 3.47. The molecule has 0 saturated heterocycles. The SMILES string of the molecule is c1ccc2c(c1)NCC(c1nc3cc(-c4ccncc4)ccc3[nH]1)O2. The van der Waals surface area contributed by atoms with E-state index in [0.29, 0.717) is 6.54 Å². The Balaban J connectivity index is 1.49. The van der Waals surface area contributed by atoms with E-state index in [1.54, 1.807) is 12.4 Å². The van der Waals surface area contributed by atoms with Gasteiger partial charge in [0.05, 0.1) is 23.3 Å². The van der Waals surface area contributed by atoms with E-state index in [1.807, 2.05) is 36.4 Å². The molecular formula is C20H16N4O. The van der Waals surface area contributed by atoms with Crippen molar-refractivity contribution in [3.63, 3.8) is 0 Å². The molecule has 0 saturated carbocycles. The van der Waals surface area contributed by atoms with Crippen molar-refractivity contribution >= 4 is 16.7 Å². The highest BCUT2D eigenvalue weighted by Crippen LogP contribution is 2.33. The number of benzene rings is 2. The molecule has 1 unspecified atom stereocenters. The van der Waals surface area contributed by atoms with E-state index in [-0.39, 0.29) is 6.10 Å². The van der Waals surface area contributed by atoms with Crippen LogP contribution in [0.2, 0.25) is 0 Å². The van der Waals surface area contributed by atoms with Gasteiger partial charge in [0.1, 0.15) is 11.6 Å². The van der Waals surface area contributed by atoms with Gasteiger partial charge in [-0.25, -0.2) is 4.98 Å². The summed E-state index contributed by atoms with van der Waals surface area (Å²) in [5.41, 5.74) is 5.23. The molecule has 0 radical (unpaired) electrons. The molecule has 0 amide bonds. The van der Waals surface area contributed by atoms with Crippen LogP contribution < -0.4 is 10.1 Å². The Hall–Kier alpha value is -3.34. The van der Waals surface area contributed by atoms with Crippen molar-refractivity contribution in [2.75, 3.05) is 11.9 Å². The van der Waals surface area contributed by atoms with Gasteiger partial charge in [0, 0.05) is 12.4 Å². The fourth-order valence-corrected chi connectivity index (χ4v) is 3.17. The van der Waals surface area contributed by atoms with Crippen molar-refractivity contribution in [3.8, 4) is 16.9 Å². The molecule has 2 aromatic heterocycles. The third-order valence-electron chi connectivity index (χ3n) is 4.45. The van der Waals surface area contributed by atoms with Crippen LogP contribution in [-0.4, -0.2) is 21.5 Å². The zero-order valence-corrected chi connectivity index (χ0v) is 13.4. The summed E-state index contributed by atoms with van der Waals surface area (Å²) in [4.78, 5) is 12.2. The normalized spacial score (nSPS) is 16.1. The lowest BCUT2D eigenvalue weighted by molar-refractivity contribution is 0.202. The van der Waals surface area contributed by atoms with E-state index in [4.69, 9.17) is 9.72 Å². The summed E-state index contributed by atoms with van der Waals surface area (Å²) < 4.78 is 6.10. The van der Waals surface area contributed by atoms with Crippen LogP contribution in [0, 0.1) is 0 Å². The number of para-hydroxylation sites is 2. The maximum absolute atomic E-state index is 6.10. The minimum absolute atomic E-state index is 0.133. The summed E-state index contributed by atoms with van der Waals surface area (Å²) in [7, 11) is 0. The topological polar surface area (TPSA) is 62.8 Å². The average molecular weight is 328 g/mol. The van der Waals surface area contributed by atoms with Crippen molar-refractivity contribution < 1.29 is 4.74 Å². The van der Waals surface area contributed by atoms with Crippen LogP contribution in [0.25, 0.3) is 22.2 Å². The molecule has 3 heterocycles. The van der Waals surface area contributed by atoms with Gasteiger partial charge in [0.25, 0.3) is 0 Å². The highest BCUT2D eigenvalue weighted by molar-refractivity contribution is 5.82. The lowest BCUT2D eigenvalue weighted by Crippen LogP contribution is -2.24. The fraction of sp³-hybridized carbons (Fsp3) is 0.100. The molecule has 5 heteroatoms. The summed E-state index contributed by atoms with van der Waals surface area (Å²) >= 11 is 0. The molecule has 5 nitrogen and oxygen atoms in total. The zero-order valence-electron chi connectivity index (χ0n) is 13.4. The highest BCUT2D eigenvalue weighted by atomic mass is 16.5. The number of aromatic amines is 1. The molecule has 0 bridgehead atoms. The first-order chi connectivity index (χ1) is 12.4. The number of nitrogens with one attached hydrogen (secondary N) is 2. The molecule has 122 valence electrons. The Bertz CT molecular complexity index is 1040. The number of pyridine rings is 1. The molecule has 4 aromatic rings. The van der Waals surface area contributed by atoms with Gasteiger partial charge in [-0.05, 0) is 47.5 Å². The Kier molecular flexibility index (Phi) is 3.16. The number of fused-ring (bicyclic) bond motifs is 2. The molecule has 0 aliphatic carbocycles. The van der Waals surface area contributed by atoms with Crippen molar-refractivity contribution in [2.45, 2.75) is 6.10 Å². The number of aromatic nitrogens is 3. The van der Waals surface area contributed by atoms with Crippen molar-refractivity contribution in [3.05, 3.63) is 72.8 Å². The van der Waals surface area contributed by atoms with Crippen LogP contribution in [0.1, 0.15) is 11.9 Å². The molecule has 0 fully saturated rings. The number of H-pyrrole nitrogens is 1. The van der Waals surface area contributed by atoms with Gasteiger partial charge in [0.15, 0.2) is 6.10 Å². The van der Waals surface area contributed by atoms with Gasteiger partial charge in [-0.1, -0.05) is 18.2 Å². The quantitative estimate of drug-likeness (QED) is 0.580. The second kappa shape index (κ2) is 5.63. The van der Waals surface area contributed by atoms with Crippen LogP contribution in [0.5, 0.6) is 5.75 Å². The predicted octanol–water partition coefficient (Wildman–Crippen LogP) is 4.17. The third kappa shape index (κ3) is 2.50. The smallest absolute Gasteiger partial charge is 0.173 e. The Morgan fingerprint density at radius 2 is 1.84 bits per heavy atom. The number of nitrogens with zero attached hydrogens (tertiary/aromatic N) is 2. The van der Waals surface area contributed by atoms with E-state index < -0.39 is 0 Å². The summed E-state index contributed by atoms with van der Waals surface area (Å²) in [5.74, 6) is 1.69. The average Bonchev–Trinajstić information content (AvgIpc) is 3.11. The van der Waals surface area contributed by atoms with E-state index in [9.17, 15) is 0 Å². The first kappa shape index (κ1) is 14.0. The van der Waals surface area contributed by atoms with Crippen LogP contribution >= 0.6 is 0 Å². The van der Waals surface area contributed by atoms with Gasteiger partial charge in [0.2, 0.25) is 0 Å². The van der Waals surface area contributed by atoms with Gasteiger partial charge in [-0.3, -0.25) is 4.98 Å². The third-order valence-corrected chi connectivity index (χ3v) is 4.45. The molecule has 5 rings (SSSR count). The van der Waals surface area contributed by atoms with Gasteiger partial charge >= 0.3 is 0 Å².